The van der Waals surface area contributed by atoms with E-state index in [0.717, 1.165) is 24.4 Å². The number of aromatic nitrogens is 1. The first kappa shape index (κ1) is 16.3. The molecule has 0 aliphatic carbocycles. The van der Waals surface area contributed by atoms with Crippen molar-refractivity contribution >= 4 is 12.4 Å². The first-order valence-corrected chi connectivity index (χ1v) is 6.26. The fraction of sp³-hybridized carbons (Fsp3) is 0.267. The van der Waals surface area contributed by atoms with Crippen molar-refractivity contribution in [2.45, 2.75) is 6.54 Å². The maximum Gasteiger partial charge on any atom is 0.213 e. The van der Waals surface area contributed by atoms with Gasteiger partial charge in [-0.3, -0.25) is 0 Å². The van der Waals surface area contributed by atoms with Gasteiger partial charge in [0.1, 0.15) is 12.4 Å². The molecule has 0 unspecified atom stereocenters. The summed E-state index contributed by atoms with van der Waals surface area (Å²) in [7, 11) is 1.68. The van der Waals surface area contributed by atoms with Crippen LogP contribution in [-0.4, -0.2) is 25.2 Å². The molecule has 108 valence electrons. The summed E-state index contributed by atoms with van der Waals surface area (Å²) in [5.74, 6) is 1.56. The van der Waals surface area contributed by atoms with Crippen LogP contribution < -0.4 is 14.8 Å². The lowest BCUT2D eigenvalue weighted by molar-refractivity contribution is 0.301. The lowest BCUT2D eigenvalue weighted by atomic mass is 10.2. The second-order valence-electron chi connectivity index (χ2n) is 4.01. The van der Waals surface area contributed by atoms with E-state index in [9.17, 15) is 0 Å². The van der Waals surface area contributed by atoms with E-state index in [4.69, 9.17) is 9.47 Å². The molecule has 0 amide bonds. The van der Waals surface area contributed by atoms with Crippen molar-refractivity contribution in [1.82, 2.24) is 10.3 Å². The third-order valence-electron chi connectivity index (χ3n) is 2.67. The van der Waals surface area contributed by atoms with Crippen LogP contribution in [0, 0.1) is 0 Å². The van der Waals surface area contributed by atoms with Crippen LogP contribution in [0.25, 0.3) is 0 Å². The molecule has 5 heteroatoms. The van der Waals surface area contributed by atoms with Crippen molar-refractivity contribution in [3.05, 3.63) is 54.2 Å². The van der Waals surface area contributed by atoms with Gasteiger partial charge >= 0.3 is 0 Å². The highest BCUT2D eigenvalue weighted by atomic mass is 35.5. The Morgan fingerprint density at radius 2 is 1.90 bits per heavy atom. The topological polar surface area (TPSA) is 43.4 Å². The van der Waals surface area contributed by atoms with Crippen LogP contribution in [0.3, 0.4) is 0 Å². The van der Waals surface area contributed by atoms with Gasteiger partial charge < -0.3 is 14.8 Å². The summed E-state index contributed by atoms with van der Waals surface area (Å²) < 4.78 is 10.8. The van der Waals surface area contributed by atoms with Gasteiger partial charge in [-0.25, -0.2) is 4.98 Å². The summed E-state index contributed by atoms with van der Waals surface area (Å²) in [5, 5.41) is 3.31. The zero-order valence-corrected chi connectivity index (χ0v) is 12.2. The van der Waals surface area contributed by atoms with Gasteiger partial charge in [0, 0.05) is 30.9 Å². The second kappa shape index (κ2) is 9.18. The number of ether oxygens (including phenoxy) is 2. The fourth-order valence-electron chi connectivity index (χ4n) is 1.73. The number of nitrogens with zero attached hydrogens (tertiary/aromatic N) is 1. The lowest BCUT2D eigenvalue weighted by Gasteiger charge is -2.09. The van der Waals surface area contributed by atoms with Crippen molar-refractivity contribution < 1.29 is 9.47 Å². The standard InChI is InChI=1S/C15H18N2O2.ClH/c1-18-14-7-3-2-6-13(14)12-16-10-11-19-15-8-4-5-9-17-15;/h2-9,16H,10-12H2,1H3;1H. The van der Waals surface area contributed by atoms with E-state index in [2.05, 4.69) is 10.3 Å². The molecular weight excluding hydrogens is 276 g/mol. The van der Waals surface area contributed by atoms with Crippen LogP contribution in [0.1, 0.15) is 5.56 Å². The number of nitrogens with one attached hydrogen (secondary N) is 1. The highest BCUT2D eigenvalue weighted by molar-refractivity contribution is 5.85. The number of hydrogen-bond acceptors (Lipinski definition) is 4. The van der Waals surface area contributed by atoms with Crippen molar-refractivity contribution in [3.8, 4) is 11.6 Å². The summed E-state index contributed by atoms with van der Waals surface area (Å²) in [5.41, 5.74) is 1.14. The van der Waals surface area contributed by atoms with Gasteiger partial charge in [-0.1, -0.05) is 24.3 Å². The molecule has 1 aromatic carbocycles. The molecule has 1 N–H and O–H groups in total. The monoisotopic (exact) mass is 294 g/mol. The molecule has 0 saturated carbocycles. The Morgan fingerprint density at radius 1 is 1.10 bits per heavy atom. The Kier molecular flexibility index (Phi) is 7.47. The molecule has 20 heavy (non-hydrogen) atoms. The maximum absolute atomic E-state index is 5.50. The molecule has 4 nitrogen and oxygen atoms in total. The van der Waals surface area contributed by atoms with E-state index in [-0.39, 0.29) is 12.4 Å². The largest absolute Gasteiger partial charge is 0.496 e. The fourth-order valence-corrected chi connectivity index (χ4v) is 1.73. The number of hydrogen-bond donors (Lipinski definition) is 1. The van der Waals surface area contributed by atoms with Gasteiger partial charge in [0.25, 0.3) is 0 Å². The van der Waals surface area contributed by atoms with Crippen molar-refractivity contribution in [2.24, 2.45) is 0 Å². The van der Waals surface area contributed by atoms with Gasteiger partial charge in [0.05, 0.1) is 7.11 Å². The molecule has 0 bridgehead atoms. The van der Waals surface area contributed by atoms with Crippen molar-refractivity contribution in [1.29, 1.82) is 0 Å². The lowest BCUT2D eigenvalue weighted by Crippen LogP contribution is -2.21. The summed E-state index contributed by atoms with van der Waals surface area (Å²) in [6.45, 7) is 2.11. The molecular formula is C15H19ClN2O2. The number of para-hydroxylation sites is 1. The van der Waals surface area contributed by atoms with E-state index < -0.39 is 0 Å². The third-order valence-corrected chi connectivity index (χ3v) is 2.67. The minimum atomic E-state index is 0. The Morgan fingerprint density at radius 3 is 2.65 bits per heavy atom. The predicted molar refractivity (Wildman–Crippen MR) is 81.7 cm³/mol. The van der Waals surface area contributed by atoms with Crippen LogP contribution in [0.4, 0.5) is 0 Å². The number of rotatable bonds is 7. The quantitative estimate of drug-likeness (QED) is 0.797. The molecule has 0 saturated heterocycles. The van der Waals surface area contributed by atoms with Crippen LogP contribution in [0.5, 0.6) is 11.6 Å². The summed E-state index contributed by atoms with van der Waals surface area (Å²) in [4.78, 5) is 4.09. The highest BCUT2D eigenvalue weighted by Crippen LogP contribution is 2.16. The summed E-state index contributed by atoms with van der Waals surface area (Å²) >= 11 is 0. The first-order chi connectivity index (χ1) is 9.40. The number of pyridine rings is 1. The van der Waals surface area contributed by atoms with E-state index in [0.29, 0.717) is 12.5 Å². The normalized spacial score (nSPS) is 9.65. The van der Waals surface area contributed by atoms with E-state index >= 15 is 0 Å². The smallest absolute Gasteiger partial charge is 0.213 e. The minimum Gasteiger partial charge on any atom is -0.496 e. The zero-order valence-electron chi connectivity index (χ0n) is 11.4. The molecule has 2 rings (SSSR count). The molecule has 0 radical (unpaired) electrons. The molecule has 1 aromatic heterocycles. The highest BCUT2D eigenvalue weighted by Gasteiger charge is 2.00. The van der Waals surface area contributed by atoms with Crippen molar-refractivity contribution in [2.75, 3.05) is 20.3 Å². The number of benzene rings is 1. The van der Waals surface area contributed by atoms with Gasteiger partial charge in [-0.05, 0) is 12.1 Å². The van der Waals surface area contributed by atoms with Crippen molar-refractivity contribution in [3.63, 3.8) is 0 Å². The van der Waals surface area contributed by atoms with E-state index in [1.165, 1.54) is 0 Å². The van der Waals surface area contributed by atoms with Gasteiger partial charge in [0.15, 0.2) is 0 Å². The Hall–Kier alpha value is -1.78. The Labute approximate surface area is 125 Å². The maximum atomic E-state index is 5.50. The average molecular weight is 295 g/mol. The van der Waals surface area contributed by atoms with E-state index in [1.54, 1.807) is 13.3 Å². The first-order valence-electron chi connectivity index (χ1n) is 6.26. The van der Waals surface area contributed by atoms with Crippen LogP contribution in [-0.2, 0) is 6.54 Å². The molecule has 0 atom stereocenters. The van der Waals surface area contributed by atoms with Gasteiger partial charge in [-0.15, -0.1) is 12.4 Å². The minimum absolute atomic E-state index is 0. The molecule has 0 aliphatic heterocycles. The Balaban J connectivity index is 0.00000200. The second-order valence-corrected chi connectivity index (χ2v) is 4.01. The molecule has 1 heterocycles. The summed E-state index contributed by atoms with van der Waals surface area (Å²) in [6, 6.07) is 13.6. The predicted octanol–water partition coefficient (Wildman–Crippen LogP) is 2.68. The zero-order chi connectivity index (χ0) is 13.3. The van der Waals surface area contributed by atoms with E-state index in [1.807, 2.05) is 42.5 Å². The molecule has 0 aliphatic rings. The molecule has 0 fully saturated rings. The van der Waals surface area contributed by atoms with Gasteiger partial charge in [-0.2, -0.15) is 0 Å². The molecule has 0 spiro atoms. The summed E-state index contributed by atoms with van der Waals surface area (Å²) in [6.07, 6.45) is 1.72. The van der Waals surface area contributed by atoms with Crippen LogP contribution in [0.2, 0.25) is 0 Å². The van der Waals surface area contributed by atoms with Crippen LogP contribution >= 0.6 is 12.4 Å². The average Bonchev–Trinajstić information content (AvgIpc) is 2.48. The third kappa shape index (κ3) is 5.07. The van der Waals surface area contributed by atoms with Gasteiger partial charge in [0.2, 0.25) is 5.88 Å². The van der Waals surface area contributed by atoms with Crippen LogP contribution in [0.15, 0.2) is 48.7 Å². The number of halogens is 1. The Bertz CT molecular complexity index is 494. The SMILES string of the molecule is COc1ccccc1CNCCOc1ccccn1.Cl. The molecule has 2 aromatic rings. The number of methoxy groups -OCH3 is 1.